The predicted molar refractivity (Wildman–Crippen MR) is 121 cm³/mol. The monoisotopic (exact) mass is 492 g/mol. The van der Waals surface area contributed by atoms with E-state index in [1.807, 2.05) is 4.57 Å². The SMILES string of the molecule is CCNC(=NCC1(CCOCC)CCCC1)NCCCCn1cnnc1.I. The molecule has 2 rings (SSSR count). The van der Waals surface area contributed by atoms with Crippen molar-refractivity contribution in [3.8, 4) is 0 Å². The molecule has 0 aromatic carbocycles. The Morgan fingerprint density at radius 2 is 1.89 bits per heavy atom. The molecule has 0 unspecified atom stereocenters. The summed E-state index contributed by atoms with van der Waals surface area (Å²) in [5.74, 6) is 0.944. The first kappa shape index (κ1) is 24.1. The lowest BCUT2D eigenvalue weighted by molar-refractivity contribution is 0.107. The Labute approximate surface area is 181 Å². The molecule has 0 atom stereocenters. The van der Waals surface area contributed by atoms with Crippen LogP contribution in [0.25, 0.3) is 0 Å². The minimum Gasteiger partial charge on any atom is -0.382 e. The highest BCUT2D eigenvalue weighted by Crippen LogP contribution is 2.41. The second kappa shape index (κ2) is 14.1. The van der Waals surface area contributed by atoms with Crippen molar-refractivity contribution in [2.75, 3.05) is 32.8 Å². The van der Waals surface area contributed by atoms with Gasteiger partial charge in [-0.2, -0.15) is 0 Å². The molecule has 0 amide bonds. The van der Waals surface area contributed by atoms with Crippen LogP contribution in [0.3, 0.4) is 0 Å². The molecule has 1 saturated carbocycles. The van der Waals surface area contributed by atoms with Crippen LogP contribution in [0.15, 0.2) is 17.6 Å². The number of nitrogens with zero attached hydrogens (tertiary/aromatic N) is 4. The van der Waals surface area contributed by atoms with Crippen molar-refractivity contribution in [3.05, 3.63) is 12.7 Å². The van der Waals surface area contributed by atoms with Gasteiger partial charge in [0.2, 0.25) is 0 Å². The molecular formula is C19H37IN6O. The number of aliphatic imine (C=N–C) groups is 1. The topological polar surface area (TPSA) is 76.4 Å². The van der Waals surface area contributed by atoms with Crippen molar-refractivity contribution >= 4 is 29.9 Å². The maximum atomic E-state index is 5.61. The molecule has 0 radical (unpaired) electrons. The summed E-state index contributed by atoms with van der Waals surface area (Å²) in [5, 5.41) is 14.5. The van der Waals surface area contributed by atoms with Gasteiger partial charge in [-0.25, -0.2) is 0 Å². The lowest BCUT2D eigenvalue weighted by atomic mass is 9.83. The summed E-state index contributed by atoms with van der Waals surface area (Å²) in [6.45, 7) is 9.52. The van der Waals surface area contributed by atoms with Crippen molar-refractivity contribution in [2.45, 2.75) is 65.3 Å². The van der Waals surface area contributed by atoms with Gasteiger partial charge in [0.25, 0.3) is 0 Å². The fraction of sp³-hybridized carbons (Fsp3) is 0.842. The van der Waals surface area contributed by atoms with Gasteiger partial charge in [-0.15, -0.1) is 34.2 Å². The van der Waals surface area contributed by atoms with E-state index in [4.69, 9.17) is 9.73 Å². The summed E-state index contributed by atoms with van der Waals surface area (Å²) < 4.78 is 7.62. The van der Waals surface area contributed by atoms with Crippen LogP contribution in [0.2, 0.25) is 0 Å². The Bertz CT molecular complexity index is 502. The summed E-state index contributed by atoms with van der Waals surface area (Å²) >= 11 is 0. The van der Waals surface area contributed by atoms with Crippen molar-refractivity contribution in [1.29, 1.82) is 0 Å². The summed E-state index contributed by atoms with van der Waals surface area (Å²) in [6.07, 6.45) is 12.1. The highest BCUT2D eigenvalue weighted by atomic mass is 127. The first-order valence-corrected chi connectivity index (χ1v) is 10.2. The predicted octanol–water partition coefficient (Wildman–Crippen LogP) is 3.22. The maximum absolute atomic E-state index is 5.61. The number of rotatable bonds is 12. The number of hydrogen-bond donors (Lipinski definition) is 2. The Hall–Kier alpha value is -0.900. The van der Waals surface area contributed by atoms with Gasteiger partial charge in [0.1, 0.15) is 12.7 Å². The minimum absolute atomic E-state index is 0. The van der Waals surface area contributed by atoms with Crippen LogP contribution in [0, 0.1) is 5.41 Å². The molecule has 0 saturated heterocycles. The smallest absolute Gasteiger partial charge is 0.191 e. The van der Waals surface area contributed by atoms with E-state index in [-0.39, 0.29) is 24.0 Å². The van der Waals surface area contributed by atoms with Crippen LogP contribution in [-0.4, -0.2) is 53.6 Å². The van der Waals surface area contributed by atoms with E-state index in [1.165, 1.54) is 25.7 Å². The third-order valence-corrected chi connectivity index (χ3v) is 5.16. The summed E-state index contributed by atoms with van der Waals surface area (Å²) in [4.78, 5) is 4.91. The first-order chi connectivity index (χ1) is 12.8. The third kappa shape index (κ3) is 9.23. The number of aryl methyl sites for hydroxylation is 1. The molecular weight excluding hydrogens is 455 g/mol. The van der Waals surface area contributed by atoms with Crippen LogP contribution >= 0.6 is 24.0 Å². The summed E-state index contributed by atoms with van der Waals surface area (Å²) in [7, 11) is 0. The number of nitrogens with one attached hydrogen (secondary N) is 2. The summed E-state index contributed by atoms with van der Waals surface area (Å²) in [5.41, 5.74) is 0.339. The van der Waals surface area contributed by atoms with Gasteiger partial charge in [0, 0.05) is 39.4 Å². The largest absolute Gasteiger partial charge is 0.382 e. The minimum atomic E-state index is 0. The van der Waals surface area contributed by atoms with Gasteiger partial charge >= 0.3 is 0 Å². The molecule has 8 heteroatoms. The zero-order valence-corrected chi connectivity index (χ0v) is 19.3. The Morgan fingerprint density at radius 3 is 2.56 bits per heavy atom. The van der Waals surface area contributed by atoms with Crippen LogP contribution in [-0.2, 0) is 11.3 Å². The molecule has 1 fully saturated rings. The molecule has 0 spiro atoms. The second-order valence-electron chi connectivity index (χ2n) is 7.18. The van der Waals surface area contributed by atoms with E-state index in [0.717, 1.165) is 64.6 Å². The molecule has 1 aliphatic carbocycles. The van der Waals surface area contributed by atoms with Crippen LogP contribution < -0.4 is 10.6 Å². The number of ether oxygens (including phenoxy) is 1. The molecule has 1 aliphatic rings. The van der Waals surface area contributed by atoms with E-state index in [9.17, 15) is 0 Å². The zero-order chi connectivity index (χ0) is 18.5. The lowest BCUT2D eigenvalue weighted by Gasteiger charge is -2.27. The standard InChI is InChI=1S/C19H36N6O.HI/c1-3-20-18(21-12-7-8-13-25-16-23-24-17-25)22-15-19(9-5-6-10-19)11-14-26-4-2;/h16-17H,3-15H2,1-2H3,(H2,20,21,22);1H. The van der Waals surface area contributed by atoms with Gasteiger partial charge in [-0.3, -0.25) is 4.99 Å². The maximum Gasteiger partial charge on any atom is 0.191 e. The molecule has 2 N–H and O–H groups in total. The van der Waals surface area contributed by atoms with E-state index in [0.29, 0.717) is 5.41 Å². The number of halogens is 1. The number of unbranched alkanes of at least 4 members (excludes halogenated alkanes) is 1. The van der Waals surface area contributed by atoms with Crippen LogP contribution in [0.4, 0.5) is 0 Å². The van der Waals surface area contributed by atoms with Gasteiger partial charge in [0.05, 0.1) is 0 Å². The molecule has 156 valence electrons. The quantitative estimate of drug-likeness (QED) is 0.203. The number of hydrogen-bond acceptors (Lipinski definition) is 4. The second-order valence-corrected chi connectivity index (χ2v) is 7.18. The Morgan fingerprint density at radius 1 is 1.15 bits per heavy atom. The van der Waals surface area contributed by atoms with Crippen molar-refractivity contribution < 1.29 is 4.74 Å². The Kier molecular flexibility index (Phi) is 12.6. The zero-order valence-electron chi connectivity index (χ0n) is 17.0. The van der Waals surface area contributed by atoms with E-state index in [1.54, 1.807) is 12.7 Å². The number of aromatic nitrogens is 3. The fourth-order valence-electron chi connectivity index (χ4n) is 3.60. The van der Waals surface area contributed by atoms with Crippen molar-refractivity contribution in [3.63, 3.8) is 0 Å². The first-order valence-electron chi connectivity index (χ1n) is 10.2. The average Bonchev–Trinajstić information content (AvgIpc) is 3.32. The van der Waals surface area contributed by atoms with Gasteiger partial charge in [-0.05, 0) is 51.4 Å². The molecule has 1 aromatic heterocycles. The molecule has 1 heterocycles. The van der Waals surface area contributed by atoms with Crippen LogP contribution in [0.5, 0.6) is 0 Å². The average molecular weight is 492 g/mol. The van der Waals surface area contributed by atoms with Crippen molar-refractivity contribution in [1.82, 2.24) is 25.4 Å². The highest BCUT2D eigenvalue weighted by molar-refractivity contribution is 14.0. The molecule has 27 heavy (non-hydrogen) atoms. The lowest BCUT2D eigenvalue weighted by Crippen LogP contribution is -2.39. The number of guanidine groups is 1. The Balaban J connectivity index is 0.00000364. The van der Waals surface area contributed by atoms with Crippen LogP contribution in [0.1, 0.15) is 58.8 Å². The molecule has 0 bridgehead atoms. The van der Waals surface area contributed by atoms with E-state index < -0.39 is 0 Å². The van der Waals surface area contributed by atoms with E-state index in [2.05, 4.69) is 34.7 Å². The molecule has 0 aliphatic heterocycles. The fourth-order valence-corrected chi connectivity index (χ4v) is 3.60. The molecule has 1 aromatic rings. The van der Waals surface area contributed by atoms with Gasteiger partial charge in [-0.1, -0.05) is 12.8 Å². The summed E-state index contributed by atoms with van der Waals surface area (Å²) in [6, 6.07) is 0. The van der Waals surface area contributed by atoms with Gasteiger partial charge < -0.3 is 19.9 Å². The molecule has 7 nitrogen and oxygen atoms in total. The third-order valence-electron chi connectivity index (χ3n) is 5.16. The highest BCUT2D eigenvalue weighted by Gasteiger charge is 2.33. The van der Waals surface area contributed by atoms with E-state index >= 15 is 0 Å². The van der Waals surface area contributed by atoms with Gasteiger partial charge in [0.15, 0.2) is 5.96 Å². The normalized spacial score (nSPS) is 16.1. The van der Waals surface area contributed by atoms with Crippen molar-refractivity contribution in [2.24, 2.45) is 10.4 Å².